The monoisotopic (exact) mass is 477 g/mol. The van der Waals surface area contributed by atoms with E-state index in [4.69, 9.17) is 25.2 Å². The Morgan fingerprint density at radius 2 is 2.00 bits per heavy atom. The number of ether oxygens (including phenoxy) is 2. The molecule has 4 aromatic rings. The van der Waals surface area contributed by atoms with Crippen molar-refractivity contribution in [2.45, 2.75) is 6.42 Å². The van der Waals surface area contributed by atoms with Gasteiger partial charge in [-0.15, -0.1) is 11.3 Å². The number of nitrogens with two attached hydrogens (primary N) is 1. The molecule has 9 heteroatoms. The number of thiophene rings is 1. The molecule has 0 saturated carbocycles. The predicted molar refractivity (Wildman–Crippen MR) is 136 cm³/mol. The molecule has 1 aliphatic heterocycles. The van der Waals surface area contributed by atoms with Gasteiger partial charge >= 0.3 is 0 Å². The van der Waals surface area contributed by atoms with Gasteiger partial charge in [0.25, 0.3) is 0 Å². The zero-order valence-electron chi connectivity index (χ0n) is 18.7. The summed E-state index contributed by atoms with van der Waals surface area (Å²) in [6.07, 6.45) is 0.962. The lowest BCUT2D eigenvalue weighted by Crippen LogP contribution is -2.37. The molecule has 1 aliphatic rings. The number of rotatable bonds is 8. The molecule has 8 nitrogen and oxygen atoms in total. The molecular formula is C25H27N5O3S. The van der Waals surface area contributed by atoms with E-state index in [2.05, 4.69) is 10.2 Å². The zero-order valence-corrected chi connectivity index (χ0v) is 19.6. The fourth-order valence-corrected chi connectivity index (χ4v) is 4.64. The van der Waals surface area contributed by atoms with Gasteiger partial charge in [-0.05, 0) is 42.1 Å². The van der Waals surface area contributed by atoms with Crippen LogP contribution in [0.3, 0.4) is 0 Å². The molecule has 34 heavy (non-hydrogen) atoms. The Morgan fingerprint density at radius 1 is 1.12 bits per heavy atom. The first-order valence-electron chi connectivity index (χ1n) is 11.3. The van der Waals surface area contributed by atoms with Crippen molar-refractivity contribution in [3.63, 3.8) is 0 Å². The summed E-state index contributed by atoms with van der Waals surface area (Å²) >= 11 is 1.56. The normalized spacial score (nSPS) is 14.4. The van der Waals surface area contributed by atoms with Crippen molar-refractivity contribution in [1.29, 1.82) is 0 Å². The maximum absolute atomic E-state index is 9.96. The molecule has 0 radical (unpaired) electrons. The standard InChI is InChI=1S/C25H27N5O3S/c26-20-6-5-18(16-22(20)31)27-25-23-21(7-14-34-23)28-24(29-25)17-3-1-4-19(15-17)33-11-2-8-30-9-12-32-13-10-30/h1,3-7,14-16,31H,2,8-13,26H2,(H,27,28,29). The molecule has 4 N–H and O–H groups in total. The second-order valence-corrected chi connectivity index (χ2v) is 9.03. The van der Waals surface area contributed by atoms with E-state index in [1.54, 1.807) is 23.5 Å². The van der Waals surface area contributed by atoms with E-state index in [0.29, 0.717) is 29.6 Å². The first-order chi connectivity index (χ1) is 16.7. The third-order valence-electron chi connectivity index (χ3n) is 5.68. The lowest BCUT2D eigenvalue weighted by atomic mass is 10.2. The number of anilines is 3. The lowest BCUT2D eigenvalue weighted by molar-refractivity contribution is 0.0358. The van der Waals surface area contributed by atoms with Crippen LogP contribution in [-0.4, -0.2) is 59.4 Å². The molecule has 0 amide bonds. The van der Waals surface area contributed by atoms with Crippen LogP contribution in [0.2, 0.25) is 0 Å². The van der Waals surface area contributed by atoms with E-state index in [-0.39, 0.29) is 5.75 Å². The highest BCUT2D eigenvalue weighted by Crippen LogP contribution is 2.33. The quantitative estimate of drug-likeness (QED) is 0.194. The van der Waals surface area contributed by atoms with Crippen molar-refractivity contribution in [3.05, 3.63) is 53.9 Å². The summed E-state index contributed by atoms with van der Waals surface area (Å²) in [6, 6.07) is 14.9. The van der Waals surface area contributed by atoms with E-state index in [1.807, 2.05) is 41.8 Å². The number of nitrogens with one attached hydrogen (secondary N) is 1. The van der Waals surface area contributed by atoms with Gasteiger partial charge in [-0.2, -0.15) is 0 Å². The largest absolute Gasteiger partial charge is 0.506 e. The number of nitrogen functional groups attached to an aromatic ring is 1. The van der Waals surface area contributed by atoms with Crippen LogP contribution in [0.25, 0.3) is 21.6 Å². The number of phenols is 1. The highest BCUT2D eigenvalue weighted by atomic mass is 32.1. The average molecular weight is 478 g/mol. The van der Waals surface area contributed by atoms with Gasteiger partial charge in [0.2, 0.25) is 0 Å². The second kappa shape index (κ2) is 10.3. The minimum Gasteiger partial charge on any atom is -0.506 e. The summed E-state index contributed by atoms with van der Waals surface area (Å²) in [5.74, 6) is 2.11. The van der Waals surface area contributed by atoms with Crippen LogP contribution in [0.1, 0.15) is 6.42 Å². The molecule has 2 aromatic carbocycles. The van der Waals surface area contributed by atoms with Gasteiger partial charge < -0.3 is 25.6 Å². The number of hydrogen-bond acceptors (Lipinski definition) is 9. The molecule has 5 rings (SSSR count). The van der Waals surface area contributed by atoms with Crippen molar-refractivity contribution < 1.29 is 14.6 Å². The van der Waals surface area contributed by atoms with Crippen molar-refractivity contribution >= 4 is 38.7 Å². The Labute approximate surface area is 202 Å². The molecule has 0 spiro atoms. The van der Waals surface area contributed by atoms with Crippen LogP contribution in [-0.2, 0) is 4.74 Å². The smallest absolute Gasteiger partial charge is 0.162 e. The number of hydrogen-bond donors (Lipinski definition) is 3. The first-order valence-corrected chi connectivity index (χ1v) is 12.2. The van der Waals surface area contributed by atoms with Crippen LogP contribution < -0.4 is 15.8 Å². The highest BCUT2D eigenvalue weighted by Gasteiger charge is 2.13. The van der Waals surface area contributed by atoms with E-state index in [9.17, 15) is 5.11 Å². The summed E-state index contributed by atoms with van der Waals surface area (Å²) in [5, 5.41) is 15.2. The Kier molecular flexibility index (Phi) is 6.75. The van der Waals surface area contributed by atoms with Crippen LogP contribution in [0.4, 0.5) is 17.2 Å². The second-order valence-electron chi connectivity index (χ2n) is 8.11. The summed E-state index contributed by atoms with van der Waals surface area (Å²) < 4.78 is 12.4. The number of fused-ring (bicyclic) bond motifs is 1. The molecule has 0 bridgehead atoms. The van der Waals surface area contributed by atoms with Crippen molar-refractivity contribution in [1.82, 2.24) is 14.9 Å². The van der Waals surface area contributed by atoms with E-state index >= 15 is 0 Å². The number of aromatic hydroxyl groups is 1. The number of nitrogens with zero attached hydrogens (tertiary/aromatic N) is 3. The maximum Gasteiger partial charge on any atom is 0.162 e. The number of benzene rings is 2. The fourth-order valence-electron chi connectivity index (χ4n) is 3.86. The molecule has 0 unspecified atom stereocenters. The molecular weight excluding hydrogens is 450 g/mol. The van der Waals surface area contributed by atoms with E-state index in [1.165, 1.54) is 0 Å². The molecule has 0 aliphatic carbocycles. The van der Waals surface area contributed by atoms with Gasteiger partial charge in [-0.3, -0.25) is 4.90 Å². The van der Waals surface area contributed by atoms with Gasteiger partial charge in [-0.25, -0.2) is 9.97 Å². The third-order valence-corrected chi connectivity index (χ3v) is 6.59. The fraction of sp³-hybridized carbons (Fsp3) is 0.280. The number of morpholine rings is 1. The van der Waals surface area contributed by atoms with Crippen molar-refractivity contribution in [2.24, 2.45) is 0 Å². The summed E-state index contributed by atoms with van der Waals surface area (Å²) in [6.45, 7) is 5.27. The molecule has 3 heterocycles. The molecule has 1 saturated heterocycles. The van der Waals surface area contributed by atoms with E-state index < -0.39 is 0 Å². The Bertz CT molecular complexity index is 1270. The topological polar surface area (TPSA) is 106 Å². The third kappa shape index (κ3) is 5.22. The minimum atomic E-state index is 0.0279. The molecule has 0 atom stereocenters. The maximum atomic E-state index is 9.96. The number of aromatic nitrogens is 2. The minimum absolute atomic E-state index is 0.0279. The van der Waals surface area contributed by atoms with Gasteiger partial charge in [0.05, 0.1) is 35.7 Å². The summed E-state index contributed by atoms with van der Waals surface area (Å²) in [5.41, 5.74) is 8.49. The van der Waals surface area contributed by atoms with Gasteiger partial charge in [0.15, 0.2) is 11.6 Å². The SMILES string of the molecule is Nc1ccc(Nc2nc(-c3cccc(OCCCN4CCOCC4)c3)nc3ccsc23)cc1O. The van der Waals surface area contributed by atoms with Crippen LogP contribution in [0.5, 0.6) is 11.5 Å². The van der Waals surface area contributed by atoms with E-state index in [0.717, 1.165) is 60.8 Å². The van der Waals surface area contributed by atoms with Gasteiger partial charge in [0.1, 0.15) is 11.5 Å². The highest BCUT2D eigenvalue weighted by molar-refractivity contribution is 7.17. The summed E-state index contributed by atoms with van der Waals surface area (Å²) in [7, 11) is 0. The average Bonchev–Trinajstić information content (AvgIpc) is 3.34. The van der Waals surface area contributed by atoms with Gasteiger partial charge in [-0.1, -0.05) is 12.1 Å². The van der Waals surface area contributed by atoms with Crippen LogP contribution >= 0.6 is 11.3 Å². The summed E-state index contributed by atoms with van der Waals surface area (Å²) in [4.78, 5) is 12.0. The molecule has 176 valence electrons. The number of phenolic OH excluding ortho intramolecular Hbond substituents is 1. The Morgan fingerprint density at radius 3 is 2.85 bits per heavy atom. The first kappa shape index (κ1) is 22.4. The zero-order chi connectivity index (χ0) is 23.3. The predicted octanol–water partition coefficient (Wildman–Crippen LogP) is 4.49. The Balaban J connectivity index is 1.32. The lowest BCUT2D eigenvalue weighted by Gasteiger charge is -2.26. The Hall–Kier alpha value is -3.40. The van der Waals surface area contributed by atoms with Gasteiger partial charge in [0, 0.05) is 37.0 Å². The van der Waals surface area contributed by atoms with Crippen LogP contribution in [0, 0.1) is 0 Å². The van der Waals surface area contributed by atoms with Crippen LogP contribution in [0.15, 0.2) is 53.9 Å². The van der Waals surface area contributed by atoms with Crippen molar-refractivity contribution in [2.75, 3.05) is 50.5 Å². The molecule has 1 fully saturated rings. The molecule has 2 aromatic heterocycles. The van der Waals surface area contributed by atoms with Crippen molar-refractivity contribution in [3.8, 4) is 22.9 Å².